The maximum absolute atomic E-state index is 12.3. The molecule has 7 heteroatoms. The Hall–Kier alpha value is -3.19. The summed E-state index contributed by atoms with van der Waals surface area (Å²) in [6.07, 6.45) is 0.303. The number of amides is 2. The van der Waals surface area contributed by atoms with Gasteiger partial charge in [-0.15, -0.1) is 11.3 Å². The number of carbonyl (C=O) groups excluding carboxylic acids is 2. The number of anilines is 2. The number of hydrogen-bond donors (Lipinski definition) is 2. The molecule has 136 valence electrons. The lowest BCUT2D eigenvalue weighted by atomic mass is 10.1. The van der Waals surface area contributed by atoms with Crippen LogP contribution in [0.3, 0.4) is 0 Å². The molecule has 0 saturated heterocycles. The minimum Gasteiger partial charge on any atom is -0.482 e. The fourth-order valence-electron chi connectivity index (χ4n) is 2.89. The van der Waals surface area contributed by atoms with Gasteiger partial charge in [0.1, 0.15) is 5.75 Å². The van der Waals surface area contributed by atoms with Gasteiger partial charge >= 0.3 is 0 Å². The Morgan fingerprint density at radius 2 is 2.07 bits per heavy atom. The van der Waals surface area contributed by atoms with Gasteiger partial charge in [-0.05, 0) is 30.7 Å². The topological polar surface area (TPSA) is 80.3 Å². The van der Waals surface area contributed by atoms with E-state index in [1.165, 1.54) is 11.3 Å². The van der Waals surface area contributed by atoms with E-state index in [4.69, 9.17) is 4.74 Å². The zero-order valence-corrected chi connectivity index (χ0v) is 15.4. The predicted molar refractivity (Wildman–Crippen MR) is 105 cm³/mol. The largest absolute Gasteiger partial charge is 0.482 e. The first-order chi connectivity index (χ1) is 13.1. The molecular weight excluding hydrogens is 362 g/mol. The van der Waals surface area contributed by atoms with Crippen molar-refractivity contribution in [3.8, 4) is 17.0 Å². The molecule has 1 aromatic heterocycles. The summed E-state index contributed by atoms with van der Waals surface area (Å²) < 4.78 is 5.38. The molecule has 3 aromatic rings. The van der Waals surface area contributed by atoms with Gasteiger partial charge in [0, 0.05) is 10.4 Å². The Labute approximate surface area is 160 Å². The van der Waals surface area contributed by atoms with Crippen LogP contribution in [0.15, 0.2) is 48.5 Å². The highest BCUT2D eigenvalue weighted by molar-refractivity contribution is 7.16. The van der Waals surface area contributed by atoms with Crippen LogP contribution in [0.5, 0.6) is 5.75 Å². The number of hydrogen-bond acceptors (Lipinski definition) is 5. The summed E-state index contributed by atoms with van der Waals surface area (Å²) in [5, 5.41) is 6.22. The number of benzene rings is 2. The van der Waals surface area contributed by atoms with E-state index >= 15 is 0 Å². The van der Waals surface area contributed by atoms with Crippen LogP contribution in [0.25, 0.3) is 11.3 Å². The molecule has 6 nitrogen and oxygen atoms in total. The smallest absolute Gasteiger partial charge is 0.262 e. The third-order valence-corrected chi connectivity index (χ3v) is 5.02. The average Bonchev–Trinajstić information content (AvgIpc) is 3.01. The molecule has 0 unspecified atom stereocenters. The van der Waals surface area contributed by atoms with Crippen molar-refractivity contribution in [1.82, 2.24) is 4.98 Å². The number of aryl methyl sites for hydroxylation is 1. The molecule has 2 amide bonds. The Morgan fingerprint density at radius 1 is 1.26 bits per heavy atom. The number of ether oxygens (including phenoxy) is 1. The molecule has 2 N–H and O–H groups in total. The van der Waals surface area contributed by atoms with Crippen molar-refractivity contribution < 1.29 is 14.3 Å². The van der Waals surface area contributed by atoms with Crippen LogP contribution in [0, 0.1) is 6.92 Å². The molecule has 1 aliphatic heterocycles. The first kappa shape index (κ1) is 17.2. The minimum absolute atomic E-state index is 0.0274. The number of rotatable bonds is 4. The molecule has 2 aromatic carbocycles. The fraction of sp³-hybridized carbons (Fsp3) is 0.150. The lowest BCUT2D eigenvalue weighted by Gasteiger charge is -2.18. The van der Waals surface area contributed by atoms with Crippen LogP contribution in [-0.4, -0.2) is 23.4 Å². The quantitative estimate of drug-likeness (QED) is 0.725. The van der Waals surface area contributed by atoms with Gasteiger partial charge < -0.3 is 15.4 Å². The van der Waals surface area contributed by atoms with E-state index in [9.17, 15) is 9.59 Å². The molecule has 0 aliphatic carbocycles. The van der Waals surface area contributed by atoms with Gasteiger partial charge in [-0.3, -0.25) is 9.59 Å². The first-order valence-corrected chi connectivity index (χ1v) is 9.28. The average molecular weight is 379 g/mol. The zero-order chi connectivity index (χ0) is 18.8. The second-order valence-electron chi connectivity index (χ2n) is 6.18. The summed E-state index contributed by atoms with van der Waals surface area (Å²) in [5.74, 6) is 0.360. The van der Waals surface area contributed by atoms with Gasteiger partial charge in [0.15, 0.2) is 11.7 Å². The van der Waals surface area contributed by atoms with Crippen molar-refractivity contribution in [3.63, 3.8) is 0 Å². The molecule has 0 bridgehead atoms. The number of thiazole rings is 1. The molecule has 0 atom stereocenters. The molecule has 2 heterocycles. The monoisotopic (exact) mass is 379 g/mol. The normalized spacial score (nSPS) is 12.7. The third kappa shape index (κ3) is 3.83. The maximum Gasteiger partial charge on any atom is 0.262 e. The Bertz CT molecular complexity index is 1010. The highest BCUT2D eigenvalue weighted by Crippen LogP contribution is 2.36. The van der Waals surface area contributed by atoms with Crippen LogP contribution in [0.1, 0.15) is 10.4 Å². The van der Waals surface area contributed by atoms with Crippen molar-refractivity contribution in [1.29, 1.82) is 0 Å². The van der Waals surface area contributed by atoms with E-state index in [-0.39, 0.29) is 18.4 Å². The number of fused-ring (bicyclic) bond motifs is 1. The van der Waals surface area contributed by atoms with Gasteiger partial charge in [0.05, 0.1) is 17.8 Å². The van der Waals surface area contributed by atoms with Crippen molar-refractivity contribution >= 4 is 34.0 Å². The van der Waals surface area contributed by atoms with E-state index in [0.717, 1.165) is 21.7 Å². The van der Waals surface area contributed by atoms with Crippen LogP contribution in [-0.2, 0) is 16.0 Å². The Kier molecular flexibility index (Phi) is 4.60. The highest BCUT2D eigenvalue weighted by atomic mass is 32.1. The van der Waals surface area contributed by atoms with Gasteiger partial charge in [0.2, 0.25) is 5.91 Å². The summed E-state index contributed by atoms with van der Waals surface area (Å²) in [4.78, 5) is 29.3. The minimum atomic E-state index is -0.177. The summed E-state index contributed by atoms with van der Waals surface area (Å²) in [6, 6.07) is 15.1. The zero-order valence-electron chi connectivity index (χ0n) is 14.6. The van der Waals surface area contributed by atoms with Crippen LogP contribution < -0.4 is 15.4 Å². The summed E-state index contributed by atoms with van der Waals surface area (Å²) >= 11 is 1.42. The van der Waals surface area contributed by atoms with Gasteiger partial charge in [-0.25, -0.2) is 4.98 Å². The van der Waals surface area contributed by atoms with Crippen molar-refractivity contribution in [2.24, 2.45) is 0 Å². The second-order valence-corrected chi connectivity index (χ2v) is 7.39. The van der Waals surface area contributed by atoms with Crippen LogP contribution in [0.4, 0.5) is 10.8 Å². The maximum atomic E-state index is 12.3. The Balaban J connectivity index is 1.52. The van der Waals surface area contributed by atoms with Crippen molar-refractivity contribution in [3.05, 3.63) is 59.0 Å². The molecule has 4 rings (SSSR count). The lowest BCUT2D eigenvalue weighted by molar-refractivity contribution is -0.118. The highest BCUT2D eigenvalue weighted by Gasteiger charge is 2.18. The number of nitrogens with zero attached hydrogens (tertiary/aromatic N) is 1. The predicted octanol–water partition coefficient (Wildman–Crippen LogP) is 3.63. The third-order valence-electron chi connectivity index (χ3n) is 4.14. The molecular formula is C20H17N3O3S. The number of carbonyl (C=O) groups is 2. The lowest BCUT2D eigenvalue weighted by Crippen LogP contribution is -2.25. The number of aromatic nitrogens is 1. The molecule has 0 fully saturated rings. The standard InChI is InChI=1S/C20H17N3O3S/c1-12-19(14-7-8-16-15(10-14)21-18(25)11-26-16)23-20(27-12)22-17(24)9-13-5-3-2-4-6-13/h2-8,10H,9,11H2,1H3,(H,21,25)(H,22,23,24). The fourth-order valence-corrected chi connectivity index (χ4v) is 3.74. The SMILES string of the molecule is Cc1sc(NC(=O)Cc2ccccc2)nc1-c1ccc2c(c1)NC(=O)CO2. The van der Waals surface area contributed by atoms with Gasteiger partial charge in [0.25, 0.3) is 5.91 Å². The van der Waals surface area contributed by atoms with Crippen molar-refractivity contribution in [2.45, 2.75) is 13.3 Å². The van der Waals surface area contributed by atoms with Crippen LogP contribution in [0.2, 0.25) is 0 Å². The van der Waals surface area contributed by atoms with E-state index in [0.29, 0.717) is 23.0 Å². The molecule has 0 radical (unpaired) electrons. The molecule has 27 heavy (non-hydrogen) atoms. The number of nitrogens with one attached hydrogen (secondary N) is 2. The van der Waals surface area contributed by atoms with E-state index < -0.39 is 0 Å². The second kappa shape index (κ2) is 7.20. The summed E-state index contributed by atoms with van der Waals surface area (Å²) in [7, 11) is 0. The van der Waals surface area contributed by atoms with E-state index in [1.54, 1.807) is 0 Å². The molecule has 0 spiro atoms. The van der Waals surface area contributed by atoms with Crippen molar-refractivity contribution in [2.75, 3.05) is 17.2 Å². The van der Waals surface area contributed by atoms with E-state index in [1.807, 2.05) is 55.5 Å². The summed E-state index contributed by atoms with van der Waals surface area (Å²) in [6.45, 7) is 1.98. The van der Waals surface area contributed by atoms with Gasteiger partial charge in [-0.1, -0.05) is 30.3 Å². The first-order valence-electron chi connectivity index (χ1n) is 8.47. The van der Waals surface area contributed by atoms with E-state index in [2.05, 4.69) is 15.6 Å². The molecule has 1 aliphatic rings. The Morgan fingerprint density at radius 3 is 2.89 bits per heavy atom. The van der Waals surface area contributed by atoms with Crippen LogP contribution >= 0.6 is 11.3 Å². The molecule has 0 saturated carbocycles. The summed E-state index contributed by atoms with van der Waals surface area (Å²) in [5.41, 5.74) is 3.22. The van der Waals surface area contributed by atoms with Gasteiger partial charge in [-0.2, -0.15) is 0 Å².